The highest BCUT2D eigenvalue weighted by Crippen LogP contribution is 2.27. The van der Waals surface area contributed by atoms with E-state index in [0.717, 1.165) is 81.2 Å². The molecule has 3 aliphatic rings. The average Bonchev–Trinajstić information content (AvgIpc) is 3.36. The van der Waals surface area contributed by atoms with Crippen LogP contribution in [0.5, 0.6) is 0 Å². The van der Waals surface area contributed by atoms with E-state index in [4.69, 9.17) is 0 Å². The maximum atomic E-state index is 12.8. The fourth-order valence-corrected chi connectivity index (χ4v) is 5.89. The maximum Gasteiger partial charge on any atom is 0.234 e. The van der Waals surface area contributed by atoms with Gasteiger partial charge >= 0.3 is 0 Å². The number of rotatable bonds is 6. The molecule has 1 N–H and O–H groups in total. The Bertz CT molecular complexity index is 1010. The molecule has 5 rings (SSSR count). The summed E-state index contributed by atoms with van der Waals surface area (Å²) >= 11 is 1.39. The summed E-state index contributed by atoms with van der Waals surface area (Å²) in [7, 11) is 0. The first-order valence-corrected chi connectivity index (χ1v) is 13.6. The molecule has 1 aliphatic carbocycles. The molecule has 2 aromatic rings. The van der Waals surface area contributed by atoms with Gasteiger partial charge in [-0.05, 0) is 86.8 Å². The molecule has 2 aliphatic heterocycles. The minimum Gasteiger partial charge on any atom is -0.355 e. The van der Waals surface area contributed by atoms with Gasteiger partial charge < -0.3 is 15.1 Å². The van der Waals surface area contributed by atoms with E-state index in [1.165, 1.54) is 35.7 Å². The van der Waals surface area contributed by atoms with Gasteiger partial charge in [0.2, 0.25) is 11.8 Å². The molecule has 0 unspecified atom stereocenters. The van der Waals surface area contributed by atoms with Gasteiger partial charge in [0.05, 0.1) is 5.75 Å². The molecular weight excluding hydrogens is 446 g/mol. The highest BCUT2D eigenvalue weighted by molar-refractivity contribution is 7.99. The Morgan fingerprint density at radius 3 is 2.47 bits per heavy atom. The van der Waals surface area contributed by atoms with Crippen LogP contribution in [0.1, 0.15) is 49.7 Å². The van der Waals surface area contributed by atoms with Crippen molar-refractivity contribution in [1.29, 1.82) is 0 Å². The van der Waals surface area contributed by atoms with Crippen molar-refractivity contribution in [3.8, 4) is 0 Å². The largest absolute Gasteiger partial charge is 0.355 e. The fourth-order valence-electron chi connectivity index (χ4n) is 5.27. The first-order chi connectivity index (χ1) is 16.7. The van der Waals surface area contributed by atoms with Crippen LogP contribution in [-0.4, -0.2) is 58.8 Å². The third-order valence-electron chi connectivity index (χ3n) is 7.20. The average molecular weight is 480 g/mol. The quantitative estimate of drug-likeness (QED) is 0.633. The lowest BCUT2D eigenvalue weighted by Gasteiger charge is -2.35. The molecule has 8 heteroatoms. The molecule has 0 saturated carbocycles. The molecule has 0 radical (unpaired) electrons. The van der Waals surface area contributed by atoms with Crippen molar-refractivity contribution in [2.45, 2.75) is 56.4 Å². The number of nitrogens with zero attached hydrogens (tertiary/aromatic N) is 4. The van der Waals surface area contributed by atoms with Gasteiger partial charge in [-0.3, -0.25) is 9.59 Å². The van der Waals surface area contributed by atoms with Gasteiger partial charge in [-0.1, -0.05) is 17.8 Å². The number of anilines is 2. The van der Waals surface area contributed by atoms with Crippen molar-refractivity contribution in [2.24, 2.45) is 5.92 Å². The van der Waals surface area contributed by atoms with Crippen LogP contribution in [0.3, 0.4) is 0 Å². The zero-order chi connectivity index (χ0) is 23.3. The minimum atomic E-state index is -0.0331. The van der Waals surface area contributed by atoms with E-state index in [1.54, 1.807) is 0 Å². The van der Waals surface area contributed by atoms with E-state index in [-0.39, 0.29) is 11.8 Å². The Hall–Kier alpha value is -2.61. The number of carbonyl (C=O) groups excluding carboxylic acids is 2. The van der Waals surface area contributed by atoms with Crippen LogP contribution < -0.4 is 10.2 Å². The predicted octanol–water partition coefficient (Wildman–Crippen LogP) is 3.93. The molecular formula is C26H33N5O2S. The maximum absolute atomic E-state index is 12.8. The second-order valence-corrected chi connectivity index (χ2v) is 10.5. The van der Waals surface area contributed by atoms with Crippen LogP contribution in [0.2, 0.25) is 0 Å². The number of hydrogen-bond acceptors (Lipinski definition) is 6. The first kappa shape index (κ1) is 23.1. The third-order valence-corrected chi connectivity index (χ3v) is 8.12. The van der Waals surface area contributed by atoms with E-state index in [2.05, 4.69) is 37.4 Å². The van der Waals surface area contributed by atoms with Crippen LogP contribution in [-0.2, 0) is 22.4 Å². The van der Waals surface area contributed by atoms with Crippen molar-refractivity contribution >= 4 is 35.1 Å². The lowest BCUT2D eigenvalue weighted by atomic mass is 9.94. The summed E-state index contributed by atoms with van der Waals surface area (Å²) in [5, 5.41) is 12.4. The molecule has 0 atom stereocenters. The van der Waals surface area contributed by atoms with E-state index in [1.807, 2.05) is 18.2 Å². The number of fused-ring (bicyclic) bond motifs is 1. The Morgan fingerprint density at radius 1 is 0.912 bits per heavy atom. The summed E-state index contributed by atoms with van der Waals surface area (Å²) < 4.78 is 0. The van der Waals surface area contributed by atoms with Gasteiger partial charge in [0.25, 0.3) is 0 Å². The highest BCUT2D eigenvalue weighted by atomic mass is 32.2. The smallest absolute Gasteiger partial charge is 0.234 e. The molecule has 180 valence electrons. The van der Waals surface area contributed by atoms with Gasteiger partial charge in [-0.25, -0.2) is 0 Å². The summed E-state index contributed by atoms with van der Waals surface area (Å²) in [6.07, 6.45) is 8.71. The van der Waals surface area contributed by atoms with Crippen LogP contribution in [0.25, 0.3) is 0 Å². The van der Waals surface area contributed by atoms with Gasteiger partial charge in [-0.2, -0.15) is 0 Å². The number of piperidine rings is 2. The third kappa shape index (κ3) is 5.54. The second kappa shape index (κ2) is 10.8. The molecule has 2 fully saturated rings. The summed E-state index contributed by atoms with van der Waals surface area (Å²) in [6, 6.07) is 10.1. The van der Waals surface area contributed by atoms with E-state index in [9.17, 15) is 9.59 Å². The number of carbonyl (C=O) groups is 2. The highest BCUT2D eigenvalue weighted by Gasteiger charge is 2.29. The van der Waals surface area contributed by atoms with Gasteiger partial charge in [0, 0.05) is 37.8 Å². The van der Waals surface area contributed by atoms with E-state index < -0.39 is 0 Å². The predicted molar refractivity (Wildman–Crippen MR) is 135 cm³/mol. The molecule has 3 heterocycles. The molecule has 0 bridgehead atoms. The van der Waals surface area contributed by atoms with Crippen LogP contribution in [0.4, 0.5) is 11.5 Å². The standard InChI is InChI=1S/C26H33N5O2S/c32-24(27-22-8-7-19-5-4-6-21(19)17-22)18-34-25-10-9-23(28-29-25)30-15-11-20(12-16-30)26(33)31-13-2-1-3-14-31/h7-10,17,20H,1-6,11-16,18H2,(H,27,32). The van der Waals surface area contributed by atoms with Crippen molar-refractivity contribution in [2.75, 3.05) is 42.1 Å². The van der Waals surface area contributed by atoms with Gasteiger partial charge in [-0.15, -0.1) is 10.2 Å². The summed E-state index contributed by atoms with van der Waals surface area (Å²) in [4.78, 5) is 29.4. The molecule has 2 amide bonds. The van der Waals surface area contributed by atoms with Crippen LogP contribution in [0, 0.1) is 5.92 Å². The number of likely N-dealkylation sites (tertiary alicyclic amines) is 1. The summed E-state index contributed by atoms with van der Waals surface area (Å²) in [5.41, 5.74) is 3.63. The zero-order valence-corrected chi connectivity index (χ0v) is 20.5. The van der Waals surface area contributed by atoms with E-state index >= 15 is 0 Å². The van der Waals surface area contributed by atoms with Crippen LogP contribution in [0.15, 0.2) is 35.4 Å². The normalized spacial score (nSPS) is 18.6. The molecule has 2 saturated heterocycles. The monoisotopic (exact) mass is 479 g/mol. The number of benzene rings is 1. The molecule has 0 spiro atoms. The fraction of sp³-hybridized carbons (Fsp3) is 0.538. The molecule has 1 aromatic heterocycles. The van der Waals surface area contributed by atoms with Crippen molar-refractivity contribution in [1.82, 2.24) is 15.1 Å². The van der Waals surface area contributed by atoms with Gasteiger partial charge in [0.15, 0.2) is 5.82 Å². The Morgan fingerprint density at radius 2 is 1.71 bits per heavy atom. The molecule has 1 aromatic carbocycles. The summed E-state index contributed by atoms with van der Waals surface area (Å²) in [5.74, 6) is 1.59. The second-order valence-electron chi connectivity index (χ2n) is 9.55. The lowest BCUT2D eigenvalue weighted by Crippen LogP contribution is -2.44. The topological polar surface area (TPSA) is 78.4 Å². The van der Waals surface area contributed by atoms with Gasteiger partial charge in [0.1, 0.15) is 5.03 Å². The Balaban J connectivity index is 1.07. The SMILES string of the molecule is O=C(CSc1ccc(N2CCC(C(=O)N3CCCCC3)CC2)nn1)Nc1ccc2c(c1)CCC2. The number of hydrogen-bond donors (Lipinski definition) is 1. The van der Waals surface area contributed by atoms with Crippen molar-refractivity contribution in [3.63, 3.8) is 0 Å². The molecule has 34 heavy (non-hydrogen) atoms. The number of aryl methyl sites for hydroxylation is 2. The number of aromatic nitrogens is 2. The molecule has 7 nitrogen and oxygen atoms in total. The number of thioether (sulfide) groups is 1. The Kier molecular flexibility index (Phi) is 7.33. The van der Waals surface area contributed by atoms with E-state index in [0.29, 0.717) is 11.7 Å². The Labute approximate surface area is 205 Å². The first-order valence-electron chi connectivity index (χ1n) is 12.6. The zero-order valence-electron chi connectivity index (χ0n) is 19.7. The number of nitrogens with one attached hydrogen (secondary N) is 1. The van der Waals surface area contributed by atoms with Crippen LogP contribution >= 0.6 is 11.8 Å². The lowest BCUT2D eigenvalue weighted by molar-refractivity contribution is -0.137. The van der Waals surface area contributed by atoms with Crippen molar-refractivity contribution < 1.29 is 9.59 Å². The number of amides is 2. The minimum absolute atomic E-state index is 0.0331. The summed E-state index contributed by atoms with van der Waals surface area (Å²) in [6.45, 7) is 3.51. The van der Waals surface area contributed by atoms with Crippen molar-refractivity contribution in [3.05, 3.63) is 41.5 Å².